The van der Waals surface area contributed by atoms with Gasteiger partial charge in [0.25, 0.3) is 0 Å². The first-order valence-corrected chi connectivity index (χ1v) is 8.16. The van der Waals surface area contributed by atoms with E-state index < -0.39 is 5.97 Å². The first-order valence-electron chi connectivity index (χ1n) is 8.16. The van der Waals surface area contributed by atoms with Crippen molar-refractivity contribution in [1.82, 2.24) is 9.55 Å². The molecule has 1 N–H and O–H groups in total. The predicted molar refractivity (Wildman–Crippen MR) is 90.9 cm³/mol. The van der Waals surface area contributed by atoms with Crippen molar-refractivity contribution in [3.05, 3.63) is 53.9 Å². The van der Waals surface area contributed by atoms with Crippen LogP contribution in [0.2, 0.25) is 0 Å². The largest absolute Gasteiger partial charge is 0.477 e. The number of carboxylic acids is 1. The summed E-state index contributed by atoms with van der Waals surface area (Å²) >= 11 is 0. The van der Waals surface area contributed by atoms with Crippen LogP contribution in [0.25, 0.3) is 10.9 Å². The number of ether oxygens (including phenoxy) is 1. The molecule has 0 bridgehead atoms. The smallest absolute Gasteiger partial charge is 0.341 e. The van der Waals surface area contributed by atoms with E-state index in [1.165, 1.54) is 0 Å². The van der Waals surface area contributed by atoms with E-state index in [9.17, 15) is 9.90 Å². The zero-order valence-electron chi connectivity index (χ0n) is 13.4. The Morgan fingerprint density at radius 2 is 2.21 bits per heavy atom. The maximum Gasteiger partial charge on any atom is 0.341 e. The standard InChI is InChI=1S/C19H18N2O3/c1-2-21-9-8-14-16(21)4-3-5-17(14)24-18-15(19(22)23)10-13(11-20-18)12-6-7-12/h3-5,8-12H,2,6-7H2,1H3,(H,22,23). The highest BCUT2D eigenvalue weighted by molar-refractivity contribution is 5.91. The lowest BCUT2D eigenvalue weighted by Gasteiger charge is -2.10. The molecular weight excluding hydrogens is 304 g/mol. The summed E-state index contributed by atoms with van der Waals surface area (Å²) < 4.78 is 8.01. The average molecular weight is 322 g/mol. The third-order valence-electron chi connectivity index (χ3n) is 4.47. The summed E-state index contributed by atoms with van der Waals surface area (Å²) in [6, 6.07) is 9.44. The molecule has 122 valence electrons. The van der Waals surface area contributed by atoms with Crippen molar-refractivity contribution in [3.8, 4) is 11.6 Å². The van der Waals surface area contributed by atoms with E-state index in [0.717, 1.165) is 35.9 Å². The Morgan fingerprint density at radius 3 is 2.92 bits per heavy atom. The Labute approximate surface area is 139 Å². The van der Waals surface area contributed by atoms with Crippen molar-refractivity contribution < 1.29 is 14.6 Å². The second-order valence-electron chi connectivity index (χ2n) is 6.09. The van der Waals surface area contributed by atoms with Crippen LogP contribution in [0.4, 0.5) is 0 Å². The number of aromatic nitrogens is 2. The Hall–Kier alpha value is -2.82. The van der Waals surface area contributed by atoms with Gasteiger partial charge < -0.3 is 14.4 Å². The number of hydrogen-bond acceptors (Lipinski definition) is 3. The summed E-state index contributed by atoms with van der Waals surface area (Å²) in [5, 5.41) is 10.4. The molecule has 2 aromatic heterocycles. The van der Waals surface area contributed by atoms with E-state index >= 15 is 0 Å². The number of nitrogens with zero attached hydrogens (tertiary/aromatic N) is 2. The molecule has 4 rings (SSSR count). The molecule has 5 nitrogen and oxygen atoms in total. The fourth-order valence-electron chi connectivity index (χ4n) is 3.01. The van der Waals surface area contributed by atoms with Crippen LogP contribution in [0.15, 0.2) is 42.7 Å². The van der Waals surface area contributed by atoms with Gasteiger partial charge in [-0.3, -0.25) is 0 Å². The first-order chi connectivity index (χ1) is 11.7. The van der Waals surface area contributed by atoms with Gasteiger partial charge in [0.2, 0.25) is 5.88 Å². The van der Waals surface area contributed by atoms with Gasteiger partial charge in [0.1, 0.15) is 11.3 Å². The molecule has 0 spiro atoms. The number of carbonyl (C=O) groups is 1. The molecular formula is C19H18N2O3. The zero-order chi connectivity index (χ0) is 16.7. The van der Waals surface area contributed by atoms with Gasteiger partial charge in [-0.2, -0.15) is 0 Å². The van der Waals surface area contributed by atoms with Gasteiger partial charge >= 0.3 is 5.97 Å². The summed E-state index contributed by atoms with van der Waals surface area (Å²) in [5.41, 5.74) is 2.16. The summed E-state index contributed by atoms with van der Waals surface area (Å²) in [7, 11) is 0. The van der Waals surface area contributed by atoms with Crippen molar-refractivity contribution in [3.63, 3.8) is 0 Å². The van der Waals surface area contributed by atoms with Crippen LogP contribution in [0, 0.1) is 0 Å². The van der Waals surface area contributed by atoms with Crippen molar-refractivity contribution >= 4 is 16.9 Å². The van der Waals surface area contributed by atoms with Gasteiger partial charge in [-0.05, 0) is 55.5 Å². The first kappa shape index (κ1) is 14.8. The maximum absolute atomic E-state index is 11.6. The average Bonchev–Trinajstić information content (AvgIpc) is 3.34. The second kappa shape index (κ2) is 5.67. The molecule has 1 aliphatic carbocycles. The van der Waals surface area contributed by atoms with Crippen LogP contribution in [0.1, 0.15) is 41.6 Å². The number of fused-ring (bicyclic) bond motifs is 1. The third kappa shape index (κ3) is 2.52. The third-order valence-corrected chi connectivity index (χ3v) is 4.47. The van der Waals surface area contributed by atoms with Gasteiger partial charge in [-0.15, -0.1) is 0 Å². The van der Waals surface area contributed by atoms with Gasteiger partial charge in [-0.25, -0.2) is 9.78 Å². The summed E-state index contributed by atoms with van der Waals surface area (Å²) in [6.07, 6.45) is 5.94. The Balaban J connectivity index is 1.75. The van der Waals surface area contributed by atoms with E-state index in [-0.39, 0.29) is 11.4 Å². The monoisotopic (exact) mass is 322 g/mol. The minimum absolute atomic E-state index is 0.117. The molecule has 24 heavy (non-hydrogen) atoms. The van der Waals surface area contributed by atoms with Crippen LogP contribution in [0.3, 0.4) is 0 Å². The molecule has 1 saturated carbocycles. The van der Waals surface area contributed by atoms with Crippen LogP contribution in [-0.4, -0.2) is 20.6 Å². The number of benzene rings is 1. The van der Waals surface area contributed by atoms with Gasteiger partial charge in [-0.1, -0.05) is 6.07 Å². The molecule has 1 aliphatic rings. The van der Waals surface area contributed by atoms with Crippen LogP contribution >= 0.6 is 0 Å². The topological polar surface area (TPSA) is 64.4 Å². The van der Waals surface area contributed by atoms with Gasteiger partial charge in [0.15, 0.2) is 0 Å². The minimum atomic E-state index is -1.02. The lowest BCUT2D eigenvalue weighted by molar-refractivity contribution is 0.0693. The van der Waals surface area contributed by atoms with Crippen molar-refractivity contribution in [1.29, 1.82) is 0 Å². The number of aromatic carboxylic acids is 1. The fourth-order valence-corrected chi connectivity index (χ4v) is 3.01. The highest BCUT2D eigenvalue weighted by Crippen LogP contribution is 2.41. The van der Waals surface area contributed by atoms with Crippen LogP contribution < -0.4 is 4.74 Å². The van der Waals surface area contributed by atoms with E-state index in [1.807, 2.05) is 30.5 Å². The number of carboxylic acid groups (broad SMARTS) is 1. The summed E-state index contributed by atoms with van der Waals surface area (Å²) in [4.78, 5) is 15.9. The molecule has 0 atom stereocenters. The SMILES string of the molecule is CCn1ccc2c(Oc3ncc(C4CC4)cc3C(=O)O)cccc21. The highest BCUT2D eigenvalue weighted by Gasteiger charge is 2.26. The molecule has 3 aromatic rings. The molecule has 5 heteroatoms. The number of aryl methyl sites for hydroxylation is 1. The van der Waals surface area contributed by atoms with Crippen molar-refractivity contribution in [2.45, 2.75) is 32.2 Å². The maximum atomic E-state index is 11.6. The molecule has 2 heterocycles. The predicted octanol–water partition coefficient (Wildman–Crippen LogP) is 4.42. The van der Waals surface area contributed by atoms with Crippen LogP contribution in [-0.2, 0) is 6.54 Å². The minimum Gasteiger partial charge on any atom is -0.477 e. The van der Waals surface area contributed by atoms with E-state index in [2.05, 4.69) is 16.5 Å². The Kier molecular flexibility index (Phi) is 3.49. The molecule has 1 aromatic carbocycles. The highest BCUT2D eigenvalue weighted by atomic mass is 16.5. The number of pyridine rings is 1. The quantitative estimate of drug-likeness (QED) is 0.755. The summed E-state index contributed by atoms with van der Waals surface area (Å²) in [5.74, 6) is 0.197. The number of hydrogen-bond donors (Lipinski definition) is 1. The Morgan fingerprint density at radius 1 is 1.38 bits per heavy atom. The molecule has 0 unspecified atom stereocenters. The van der Waals surface area contributed by atoms with Crippen molar-refractivity contribution in [2.75, 3.05) is 0 Å². The van der Waals surface area contributed by atoms with E-state index in [1.54, 1.807) is 12.3 Å². The molecule has 1 fully saturated rings. The zero-order valence-corrected chi connectivity index (χ0v) is 13.4. The van der Waals surface area contributed by atoms with Gasteiger partial charge in [0, 0.05) is 24.3 Å². The molecule has 0 amide bonds. The molecule has 0 aliphatic heterocycles. The molecule has 0 radical (unpaired) electrons. The Bertz CT molecular complexity index is 926. The number of rotatable bonds is 5. The normalized spacial score (nSPS) is 14.0. The summed E-state index contributed by atoms with van der Waals surface area (Å²) in [6.45, 7) is 2.94. The second-order valence-corrected chi connectivity index (χ2v) is 6.09. The lowest BCUT2D eigenvalue weighted by Crippen LogP contribution is -2.03. The van der Waals surface area contributed by atoms with E-state index in [0.29, 0.717) is 11.7 Å². The van der Waals surface area contributed by atoms with E-state index in [4.69, 9.17) is 4.74 Å². The van der Waals surface area contributed by atoms with Crippen LogP contribution in [0.5, 0.6) is 11.6 Å². The van der Waals surface area contributed by atoms with Gasteiger partial charge in [0.05, 0.1) is 5.52 Å². The van der Waals surface area contributed by atoms with Crippen molar-refractivity contribution in [2.24, 2.45) is 0 Å². The lowest BCUT2D eigenvalue weighted by atomic mass is 10.1. The fraction of sp³-hybridized carbons (Fsp3) is 0.263. The molecule has 0 saturated heterocycles.